The third kappa shape index (κ3) is 5.42. The number of anilines is 2. The zero-order valence-corrected chi connectivity index (χ0v) is 21.1. The number of fused-ring (bicyclic) bond motifs is 1. The van der Waals surface area contributed by atoms with Gasteiger partial charge in [0.1, 0.15) is 0 Å². The molecule has 5 aromatic rings. The molecule has 0 saturated heterocycles. The van der Waals surface area contributed by atoms with E-state index in [4.69, 9.17) is 16.6 Å². The molecular formula is C27H20ClN5O3S. The minimum Gasteiger partial charge on any atom is -0.322 e. The van der Waals surface area contributed by atoms with Gasteiger partial charge in [0.05, 0.1) is 21.7 Å². The number of nitrogens with zero attached hydrogens (tertiary/aromatic N) is 3. The number of nitrogens with one attached hydrogen (secondary N) is 2. The van der Waals surface area contributed by atoms with Crippen LogP contribution >= 0.6 is 11.6 Å². The molecule has 0 unspecified atom stereocenters. The van der Waals surface area contributed by atoms with Crippen molar-refractivity contribution in [2.75, 3.05) is 10.0 Å². The summed E-state index contributed by atoms with van der Waals surface area (Å²) in [7, 11) is -3.90. The summed E-state index contributed by atoms with van der Waals surface area (Å²) < 4.78 is 27.8. The van der Waals surface area contributed by atoms with Crippen molar-refractivity contribution in [2.24, 2.45) is 0 Å². The molecule has 5 rings (SSSR count). The number of aryl methyl sites for hydroxylation is 1. The van der Waals surface area contributed by atoms with Gasteiger partial charge in [-0.2, -0.15) is 0 Å². The number of carbonyl (C=O) groups excluding carboxylic acids is 1. The van der Waals surface area contributed by atoms with Crippen molar-refractivity contribution in [3.63, 3.8) is 0 Å². The maximum absolute atomic E-state index is 13.3. The Morgan fingerprint density at radius 1 is 0.892 bits per heavy atom. The third-order valence-electron chi connectivity index (χ3n) is 5.54. The van der Waals surface area contributed by atoms with Crippen LogP contribution in [0.5, 0.6) is 0 Å². The van der Waals surface area contributed by atoms with Gasteiger partial charge in [0.2, 0.25) is 5.95 Å². The van der Waals surface area contributed by atoms with Crippen LogP contribution < -0.4 is 10.0 Å². The number of benzene rings is 3. The van der Waals surface area contributed by atoms with Gasteiger partial charge in [0, 0.05) is 33.6 Å². The Kier molecular flexibility index (Phi) is 6.56. The Morgan fingerprint density at radius 3 is 2.35 bits per heavy atom. The molecule has 3 aromatic carbocycles. The van der Waals surface area contributed by atoms with Gasteiger partial charge in [0.15, 0.2) is 0 Å². The fourth-order valence-electron chi connectivity index (χ4n) is 3.72. The second-order valence-electron chi connectivity index (χ2n) is 8.18. The van der Waals surface area contributed by atoms with E-state index in [1.165, 1.54) is 30.5 Å². The van der Waals surface area contributed by atoms with Crippen LogP contribution in [0.25, 0.3) is 22.2 Å². The molecule has 1 amide bonds. The third-order valence-corrected chi connectivity index (χ3v) is 7.14. The van der Waals surface area contributed by atoms with Crippen LogP contribution in [0.3, 0.4) is 0 Å². The van der Waals surface area contributed by atoms with E-state index in [1.54, 1.807) is 31.2 Å². The van der Waals surface area contributed by atoms with Gasteiger partial charge in [-0.3, -0.25) is 4.79 Å². The molecule has 10 heteroatoms. The monoisotopic (exact) mass is 529 g/mol. The van der Waals surface area contributed by atoms with Crippen LogP contribution in [-0.4, -0.2) is 29.3 Å². The molecule has 0 saturated carbocycles. The number of pyridine rings is 1. The van der Waals surface area contributed by atoms with Gasteiger partial charge in [-0.25, -0.2) is 28.1 Å². The molecule has 0 bridgehead atoms. The van der Waals surface area contributed by atoms with E-state index >= 15 is 0 Å². The Balaban J connectivity index is 1.41. The summed E-state index contributed by atoms with van der Waals surface area (Å²) in [6, 6.07) is 23.8. The number of aromatic nitrogens is 3. The van der Waals surface area contributed by atoms with Gasteiger partial charge >= 0.3 is 0 Å². The van der Waals surface area contributed by atoms with Crippen LogP contribution in [0.2, 0.25) is 5.02 Å². The normalized spacial score (nSPS) is 11.3. The summed E-state index contributed by atoms with van der Waals surface area (Å²) in [5.41, 5.74) is 3.63. The Bertz CT molecular complexity index is 1720. The molecule has 0 fully saturated rings. The summed E-state index contributed by atoms with van der Waals surface area (Å²) >= 11 is 6.02. The number of sulfonamides is 1. The topological polar surface area (TPSA) is 114 Å². The molecule has 184 valence electrons. The van der Waals surface area contributed by atoms with Crippen molar-refractivity contribution in [1.82, 2.24) is 15.0 Å². The molecule has 0 aliphatic carbocycles. The second-order valence-corrected chi connectivity index (χ2v) is 10.3. The van der Waals surface area contributed by atoms with Crippen molar-refractivity contribution in [2.45, 2.75) is 11.8 Å². The number of hydrogen-bond acceptors (Lipinski definition) is 6. The molecule has 0 radical (unpaired) electrons. The van der Waals surface area contributed by atoms with Crippen molar-refractivity contribution >= 4 is 50.1 Å². The van der Waals surface area contributed by atoms with Gasteiger partial charge in [-0.05, 0) is 61.5 Å². The summed E-state index contributed by atoms with van der Waals surface area (Å²) in [5.74, 6) is -0.367. The Morgan fingerprint density at radius 2 is 1.62 bits per heavy atom. The highest BCUT2D eigenvalue weighted by Crippen LogP contribution is 2.27. The van der Waals surface area contributed by atoms with Crippen LogP contribution in [0.1, 0.15) is 16.1 Å². The lowest BCUT2D eigenvalue weighted by atomic mass is 10.0. The van der Waals surface area contributed by atoms with Crippen LogP contribution in [-0.2, 0) is 10.0 Å². The maximum Gasteiger partial charge on any atom is 0.264 e. The van der Waals surface area contributed by atoms with E-state index in [-0.39, 0.29) is 16.8 Å². The number of halogens is 1. The SMILES string of the molecule is Cc1ccnc(NS(=O)(=O)c2ccc(NC(=O)c3cc(-c4ccc(Cl)cc4)nc4ccccc34)cc2)n1. The first-order chi connectivity index (χ1) is 17.8. The fourth-order valence-corrected chi connectivity index (χ4v) is 4.80. The van der Waals surface area contributed by atoms with Crippen molar-refractivity contribution in [3.05, 3.63) is 107 Å². The van der Waals surface area contributed by atoms with Crippen molar-refractivity contribution in [3.8, 4) is 11.3 Å². The van der Waals surface area contributed by atoms with Crippen LogP contribution in [0.15, 0.2) is 96.0 Å². The highest BCUT2D eigenvalue weighted by molar-refractivity contribution is 7.92. The van der Waals surface area contributed by atoms with E-state index < -0.39 is 10.0 Å². The second kappa shape index (κ2) is 9.96. The highest BCUT2D eigenvalue weighted by Gasteiger charge is 2.17. The lowest BCUT2D eigenvalue weighted by Gasteiger charge is -2.12. The largest absolute Gasteiger partial charge is 0.322 e. The average molecular weight is 530 g/mol. The molecule has 0 spiro atoms. The van der Waals surface area contributed by atoms with Gasteiger partial charge in [-0.1, -0.05) is 41.9 Å². The van der Waals surface area contributed by atoms with E-state index in [0.717, 1.165) is 5.56 Å². The van der Waals surface area contributed by atoms with Gasteiger partial charge in [0.25, 0.3) is 15.9 Å². The lowest BCUT2D eigenvalue weighted by Crippen LogP contribution is -2.16. The molecule has 2 aromatic heterocycles. The smallest absolute Gasteiger partial charge is 0.264 e. The molecule has 8 nitrogen and oxygen atoms in total. The maximum atomic E-state index is 13.3. The molecule has 2 heterocycles. The predicted octanol–water partition coefficient (Wildman–Crippen LogP) is 5.71. The number of para-hydroxylation sites is 1. The van der Waals surface area contributed by atoms with Crippen molar-refractivity contribution in [1.29, 1.82) is 0 Å². The Hall–Kier alpha value is -4.34. The number of amides is 1. The van der Waals surface area contributed by atoms with Gasteiger partial charge < -0.3 is 5.32 Å². The highest BCUT2D eigenvalue weighted by atomic mass is 35.5. The lowest BCUT2D eigenvalue weighted by molar-refractivity contribution is 0.102. The van der Waals surface area contributed by atoms with E-state index in [1.807, 2.05) is 36.4 Å². The molecule has 2 N–H and O–H groups in total. The Labute approximate surface area is 218 Å². The van der Waals surface area contributed by atoms with E-state index in [9.17, 15) is 13.2 Å². The minimum absolute atomic E-state index is 0.00925. The van der Waals surface area contributed by atoms with E-state index in [0.29, 0.717) is 38.6 Å². The van der Waals surface area contributed by atoms with Crippen LogP contribution in [0.4, 0.5) is 11.6 Å². The number of hydrogen-bond donors (Lipinski definition) is 2. The van der Waals surface area contributed by atoms with Gasteiger partial charge in [-0.15, -0.1) is 0 Å². The molecule has 0 aliphatic rings. The zero-order chi connectivity index (χ0) is 26.0. The number of carbonyl (C=O) groups is 1. The molecular weight excluding hydrogens is 510 g/mol. The number of rotatable bonds is 6. The zero-order valence-electron chi connectivity index (χ0n) is 19.5. The molecule has 0 atom stereocenters. The first-order valence-corrected chi connectivity index (χ1v) is 13.0. The quantitative estimate of drug-likeness (QED) is 0.291. The summed E-state index contributed by atoms with van der Waals surface area (Å²) in [6.07, 6.45) is 1.47. The first kappa shape index (κ1) is 24.4. The minimum atomic E-state index is -3.90. The summed E-state index contributed by atoms with van der Waals surface area (Å²) in [6.45, 7) is 1.74. The van der Waals surface area contributed by atoms with Crippen LogP contribution in [0, 0.1) is 6.92 Å². The predicted molar refractivity (Wildman–Crippen MR) is 144 cm³/mol. The molecule has 37 heavy (non-hydrogen) atoms. The molecule has 0 aliphatic heterocycles. The summed E-state index contributed by atoms with van der Waals surface area (Å²) in [4.78, 5) is 26.0. The van der Waals surface area contributed by atoms with E-state index in [2.05, 4.69) is 20.0 Å². The average Bonchev–Trinajstić information content (AvgIpc) is 2.88. The standard InChI is InChI=1S/C27H20ClN5O3S/c1-17-14-15-29-27(30-17)33-37(35,36)21-12-10-20(11-13-21)31-26(34)23-16-25(18-6-8-19(28)9-7-18)32-24-5-3-2-4-22(23)24/h2-16H,1H3,(H,31,34)(H,29,30,33). The first-order valence-electron chi connectivity index (χ1n) is 11.2. The summed E-state index contributed by atoms with van der Waals surface area (Å²) in [5, 5.41) is 4.15. The van der Waals surface area contributed by atoms with Crippen molar-refractivity contribution < 1.29 is 13.2 Å². The fraction of sp³-hybridized carbons (Fsp3) is 0.0370.